The average Bonchev–Trinajstić information content (AvgIpc) is 2.54. The number of halogens is 1. The number of nitrogens with one attached hydrogen (secondary N) is 1. The quantitative estimate of drug-likeness (QED) is 0.773. The Morgan fingerprint density at radius 3 is 2.29 bits per heavy atom. The van der Waals surface area contributed by atoms with Gasteiger partial charge < -0.3 is 5.32 Å². The zero-order chi connectivity index (χ0) is 14.7. The molecule has 0 bridgehead atoms. The summed E-state index contributed by atoms with van der Waals surface area (Å²) < 4.78 is 13.7. The lowest BCUT2D eigenvalue weighted by atomic mass is 10.0. The van der Waals surface area contributed by atoms with Crippen molar-refractivity contribution in [2.24, 2.45) is 0 Å². The van der Waals surface area contributed by atoms with E-state index in [4.69, 9.17) is 0 Å². The van der Waals surface area contributed by atoms with Crippen LogP contribution in [0.15, 0.2) is 66.7 Å². The molecular weight excluding hydrogens is 265 g/mol. The van der Waals surface area contributed by atoms with Gasteiger partial charge in [-0.25, -0.2) is 4.39 Å². The van der Waals surface area contributed by atoms with E-state index in [1.165, 1.54) is 12.1 Å². The van der Waals surface area contributed by atoms with Crippen molar-refractivity contribution in [1.82, 2.24) is 5.32 Å². The molecule has 0 saturated heterocycles. The van der Waals surface area contributed by atoms with Gasteiger partial charge in [0, 0.05) is 17.5 Å². The second kappa shape index (κ2) is 5.75. The van der Waals surface area contributed by atoms with Gasteiger partial charge in [-0.05, 0) is 23.1 Å². The van der Waals surface area contributed by atoms with Crippen LogP contribution in [0.2, 0.25) is 0 Å². The summed E-state index contributed by atoms with van der Waals surface area (Å²) in [6.07, 6.45) is 0. The molecule has 0 aliphatic carbocycles. The Balaban J connectivity index is 1.87. The van der Waals surface area contributed by atoms with Crippen LogP contribution in [0.3, 0.4) is 0 Å². The van der Waals surface area contributed by atoms with Gasteiger partial charge in [0.1, 0.15) is 5.82 Å². The molecule has 2 nitrogen and oxygen atoms in total. The summed E-state index contributed by atoms with van der Waals surface area (Å²) in [7, 11) is 0. The van der Waals surface area contributed by atoms with Crippen LogP contribution in [-0.2, 0) is 6.54 Å². The predicted octanol–water partition coefficient (Wildman–Crippen LogP) is 3.91. The van der Waals surface area contributed by atoms with E-state index in [0.29, 0.717) is 22.9 Å². The largest absolute Gasteiger partial charge is 0.348 e. The fourth-order valence-electron chi connectivity index (χ4n) is 2.33. The lowest BCUT2D eigenvalue weighted by molar-refractivity contribution is 0.0952. The molecule has 1 amide bonds. The number of fused-ring (bicyclic) bond motifs is 1. The summed E-state index contributed by atoms with van der Waals surface area (Å²) in [4.78, 5) is 12.3. The molecule has 104 valence electrons. The Bertz CT molecular complexity index is 784. The zero-order valence-corrected chi connectivity index (χ0v) is 11.3. The van der Waals surface area contributed by atoms with Crippen molar-refractivity contribution in [2.45, 2.75) is 6.54 Å². The first-order chi connectivity index (χ1) is 10.3. The third-order valence-corrected chi connectivity index (χ3v) is 3.41. The lowest BCUT2D eigenvalue weighted by Crippen LogP contribution is -2.23. The molecule has 0 aromatic heterocycles. The lowest BCUT2D eigenvalue weighted by Gasteiger charge is -2.09. The molecule has 0 unspecified atom stereocenters. The van der Waals surface area contributed by atoms with Gasteiger partial charge >= 0.3 is 0 Å². The minimum Gasteiger partial charge on any atom is -0.348 e. The van der Waals surface area contributed by atoms with Gasteiger partial charge in [0.15, 0.2) is 0 Å². The normalized spacial score (nSPS) is 10.5. The minimum absolute atomic E-state index is 0.199. The molecule has 3 aromatic rings. The maximum absolute atomic E-state index is 13.7. The zero-order valence-electron chi connectivity index (χ0n) is 11.3. The average molecular weight is 279 g/mol. The Labute approximate surface area is 122 Å². The van der Waals surface area contributed by atoms with E-state index in [2.05, 4.69) is 5.32 Å². The topological polar surface area (TPSA) is 29.1 Å². The van der Waals surface area contributed by atoms with Crippen molar-refractivity contribution in [3.05, 3.63) is 83.7 Å². The highest BCUT2D eigenvalue weighted by Gasteiger charge is 2.11. The monoisotopic (exact) mass is 279 g/mol. The van der Waals surface area contributed by atoms with Gasteiger partial charge in [0.25, 0.3) is 5.91 Å². The van der Waals surface area contributed by atoms with Crippen molar-refractivity contribution in [3.8, 4) is 0 Å². The maximum atomic E-state index is 13.7. The predicted molar refractivity (Wildman–Crippen MR) is 81.5 cm³/mol. The summed E-state index contributed by atoms with van der Waals surface area (Å²) in [5, 5.41) is 3.96. The molecule has 0 spiro atoms. The summed E-state index contributed by atoms with van der Waals surface area (Å²) in [5.74, 6) is -0.514. The van der Waals surface area contributed by atoms with Crippen molar-refractivity contribution in [3.63, 3.8) is 0 Å². The Kier molecular flexibility index (Phi) is 3.65. The first kappa shape index (κ1) is 13.3. The van der Waals surface area contributed by atoms with Gasteiger partial charge in [-0.15, -0.1) is 0 Å². The summed E-state index contributed by atoms with van der Waals surface area (Å²) >= 11 is 0. The number of benzene rings is 3. The minimum atomic E-state index is -0.315. The van der Waals surface area contributed by atoms with Crippen LogP contribution in [0.5, 0.6) is 0 Å². The highest BCUT2D eigenvalue weighted by atomic mass is 19.1. The standard InChI is InChI=1S/C18H14FNO/c19-17-11-10-16(14-8-4-5-9-15(14)17)18(21)20-12-13-6-2-1-3-7-13/h1-11H,12H2,(H,20,21). The fraction of sp³-hybridized carbons (Fsp3) is 0.0556. The summed E-state index contributed by atoms with van der Waals surface area (Å²) in [5.41, 5.74) is 1.51. The van der Waals surface area contributed by atoms with Crippen molar-refractivity contribution >= 4 is 16.7 Å². The van der Waals surface area contributed by atoms with E-state index >= 15 is 0 Å². The number of hydrogen-bond donors (Lipinski definition) is 1. The first-order valence-corrected chi connectivity index (χ1v) is 6.75. The Morgan fingerprint density at radius 1 is 0.857 bits per heavy atom. The number of carbonyl (C=O) groups excluding carboxylic acids is 1. The van der Waals surface area contributed by atoms with Crippen LogP contribution in [0.4, 0.5) is 4.39 Å². The molecule has 0 saturated carbocycles. The van der Waals surface area contributed by atoms with E-state index in [0.717, 1.165) is 5.56 Å². The van der Waals surface area contributed by atoms with Crippen molar-refractivity contribution in [1.29, 1.82) is 0 Å². The number of carbonyl (C=O) groups is 1. The van der Waals surface area contributed by atoms with Crippen LogP contribution >= 0.6 is 0 Å². The second-order valence-corrected chi connectivity index (χ2v) is 4.81. The highest BCUT2D eigenvalue weighted by Crippen LogP contribution is 2.21. The molecule has 21 heavy (non-hydrogen) atoms. The second-order valence-electron chi connectivity index (χ2n) is 4.81. The van der Waals surface area contributed by atoms with Gasteiger partial charge in [0.05, 0.1) is 0 Å². The third-order valence-electron chi connectivity index (χ3n) is 3.41. The van der Waals surface area contributed by atoms with Crippen LogP contribution in [0.1, 0.15) is 15.9 Å². The van der Waals surface area contributed by atoms with E-state index < -0.39 is 0 Å². The molecular formula is C18H14FNO. The Morgan fingerprint density at radius 2 is 1.52 bits per heavy atom. The molecule has 3 rings (SSSR count). The first-order valence-electron chi connectivity index (χ1n) is 6.75. The van der Waals surface area contributed by atoms with E-state index in [9.17, 15) is 9.18 Å². The fourth-order valence-corrected chi connectivity index (χ4v) is 2.33. The number of rotatable bonds is 3. The van der Waals surface area contributed by atoms with Gasteiger partial charge in [-0.1, -0.05) is 54.6 Å². The molecule has 3 aromatic carbocycles. The van der Waals surface area contributed by atoms with Crippen molar-refractivity contribution < 1.29 is 9.18 Å². The van der Waals surface area contributed by atoms with E-state index in [-0.39, 0.29) is 11.7 Å². The number of hydrogen-bond acceptors (Lipinski definition) is 1. The molecule has 0 aliphatic rings. The van der Waals surface area contributed by atoms with Gasteiger partial charge in [0.2, 0.25) is 0 Å². The molecule has 1 N–H and O–H groups in total. The molecule has 0 heterocycles. The van der Waals surface area contributed by atoms with Crippen LogP contribution in [-0.4, -0.2) is 5.91 Å². The highest BCUT2D eigenvalue weighted by molar-refractivity contribution is 6.07. The van der Waals surface area contributed by atoms with Crippen molar-refractivity contribution in [2.75, 3.05) is 0 Å². The van der Waals surface area contributed by atoms with Crippen LogP contribution in [0, 0.1) is 5.82 Å². The molecule has 0 atom stereocenters. The van der Waals surface area contributed by atoms with Gasteiger partial charge in [-0.2, -0.15) is 0 Å². The van der Waals surface area contributed by atoms with Crippen LogP contribution < -0.4 is 5.32 Å². The SMILES string of the molecule is O=C(NCc1ccccc1)c1ccc(F)c2ccccc12. The number of amides is 1. The summed E-state index contributed by atoms with van der Waals surface area (Å²) in [6.45, 7) is 0.450. The maximum Gasteiger partial charge on any atom is 0.252 e. The third kappa shape index (κ3) is 2.77. The Hall–Kier alpha value is -2.68. The molecule has 0 fully saturated rings. The molecule has 0 aliphatic heterocycles. The van der Waals surface area contributed by atoms with Crippen LogP contribution in [0.25, 0.3) is 10.8 Å². The van der Waals surface area contributed by atoms with Gasteiger partial charge in [-0.3, -0.25) is 4.79 Å². The van der Waals surface area contributed by atoms with E-state index in [1.807, 2.05) is 30.3 Å². The van der Waals surface area contributed by atoms with E-state index in [1.54, 1.807) is 24.3 Å². The molecule has 3 heteroatoms. The summed E-state index contributed by atoms with van der Waals surface area (Å²) in [6, 6.07) is 19.5. The smallest absolute Gasteiger partial charge is 0.252 e. The molecule has 0 radical (unpaired) electrons.